The first-order chi connectivity index (χ1) is 9.70. The third-order valence-corrected chi connectivity index (χ3v) is 3.95. The van der Waals surface area contributed by atoms with Crippen LogP contribution in [-0.2, 0) is 0 Å². The number of rotatable bonds is 2. The molecule has 0 aromatic heterocycles. The number of hydrogen-bond acceptors (Lipinski definition) is 3. The number of piperazine rings is 1. The highest BCUT2D eigenvalue weighted by Gasteiger charge is 2.37. The van der Waals surface area contributed by atoms with Gasteiger partial charge in [-0.3, -0.25) is 4.79 Å². The van der Waals surface area contributed by atoms with Gasteiger partial charge in [0.2, 0.25) is 0 Å². The first-order valence-corrected chi connectivity index (χ1v) is 6.81. The fourth-order valence-electron chi connectivity index (χ4n) is 2.85. The molecule has 6 nitrogen and oxygen atoms in total. The summed E-state index contributed by atoms with van der Waals surface area (Å²) in [7, 11) is 1.81. The molecular formula is C14H18N4O2. The van der Waals surface area contributed by atoms with E-state index in [2.05, 4.69) is 10.6 Å². The molecule has 2 heterocycles. The van der Waals surface area contributed by atoms with Crippen LogP contribution < -0.4 is 10.6 Å². The van der Waals surface area contributed by atoms with Crippen LogP contribution in [0.25, 0.3) is 0 Å². The average Bonchev–Trinajstić information content (AvgIpc) is 2.87. The third-order valence-electron chi connectivity index (χ3n) is 3.95. The van der Waals surface area contributed by atoms with E-state index < -0.39 is 0 Å². The third kappa shape index (κ3) is 2.07. The van der Waals surface area contributed by atoms with Gasteiger partial charge in [0.25, 0.3) is 5.91 Å². The van der Waals surface area contributed by atoms with Crippen LogP contribution in [0.4, 0.5) is 10.5 Å². The number of hydrogen-bond donors (Lipinski definition) is 2. The topological polar surface area (TPSA) is 64.7 Å². The molecule has 0 radical (unpaired) electrons. The molecule has 1 aromatic rings. The fourth-order valence-corrected chi connectivity index (χ4v) is 2.85. The predicted octanol–water partition coefficient (Wildman–Crippen LogP) is 0.578. The van der Waals surface area contributed by atoms with Gasteiger partial charge >= 0.3 is 6.03 Å². The highest BCUT2D eigenvalue weighted by molar-refractivity contribution is 5.99. The summed E-state index contributed by atoms with van der Waals surface area (Å²) in [5.74, 6) is 0.0222. The second kappa shape index (κ2) is 5.03. The first-order valence-electron chi connectivity index (χ1n) is 6.81. The Morgan fingerprint density at radius 3 is 2.95 bits per heavy atom. The van der Waals surface area contributed by atoms with E-state index in [9.17, 15) is 9.59 Å². The van der Waals surface area contributed by atoms with Gasteiger partial charge in [-0.05, 0) is 12.1 Å². The first kappa shape index (κ1) is 12.8. The highest BCUT2D eigenvalue weighted by Crippen LogP contribution is 2.20. The Hall–Kier alpha value is -2.24. The van der Waals surface area contributed by atoms with Crippen molar-refractivity contribution in [3.63, 3.8) is 0 Å². The lowest BCUT2D eigenvalue weighted by Crippen LogP contribution is -2.53. The summed E-state index contributed by atoms with van der Waals surface area (Å²) in [6, 6.07) is 7.58. The normalized spacial score (nSPS) is 21.4. The summed E-state index contributed by atoms with van der Waals surface area (Å²) in [4.78, 5) is 27.8. The molecule has 0 aliphatic carbocycles. The van der Waals surface area contributed by atoms with E-state index in [1.54, 1.807) is 0 Å². The lowest BCUT2D eigenvalue weighted by molar-refractivity contribution is 0.0618. The number of anilines is 1. The van der Waals surface area contributed by atoms with Crippen molar-refractivity contribution < 1.29 is 9.59 Å². The quantitative estimate of drug-likeness (QED) is 0.829. The molecule has 6 heteroatoms. The van der Waals surface area contributed by atoms with Gasteiger partial charge in [-0.1, -0.05) is 12.1 Å². The average molecular weight is 274 g/mol. The second-order valence-electron chi connectivity index (χ2n) is 5.08. The Bertz CT molecular complexity index is 546. The zero-order valence-corrected chi connectivity index (χ0v) is 11.4. The summed E-state index contributed by atoms with van der Waals surface area (Å²) in [6.07, 6.45) is 0. The fraction of sp³-hybridized carbons (Fsp3) is 0.429. The van der Waals surface area contributed by atoms with Crippen molar-refractivity contribution in [1.82, 2.24) is 15.1 Å². The smallest absolute Gasteiger partial charge is 0.317 e. The van der Waals surface area contributed by atoms with Crippen LogP contribution in [0.3, 0.4) is 0 Å². The van der Waals surface area contributed by atoms with E-state index >= 15 is 0 Å². The van der Waals surface area contributed by atoms with Gasteiger partial charge in [0, 0.05) is 38.9 Å². The summed E-state index contributed by atoms with van der Waals surface area (Å²) >= 11 is 0. The number of nitrogens with one attached hydrogen (secondary N) is 2. The second-order valence-corrected chi connectivity index (χ2v) is 5.08. The van der Waals surface area contributed by atoms with Crippen LogP contribution >= 0.6 is 0 Å². The number of fused-ring (bicyclic) bond motifs is 1. The minimum absolute atomic E-state index is 0.0160. The lowest BCUT2D eigenvalue weighted by Gasteiger charge is -2.36. The molecule has 0 bridgehead atoms. The van der Waals surface area contributed by atoms with E-state index in [-0.39, 0.29) is 18.0 Å². The molecule has 2 saturated heterocycles. The van der Waals surface area contributed by atoms with E-state index in [1.807, 2.05) is 41.1 Å². The largest absolute Gasteiger partial charge is 0.387 e. The van der Waals surface area contributed by atoms with Crippen LogP contribution in [-0.4, -0.2) is 61.0 Å². The van der Waals surface area contributed by atoms with Crippen LogP contribution in [0.1, 0.15) is 10.4 Å². The molecule has 3 amide bonds. The Labute approximate surface area is 117 Å². The van der Waals surface area contributed by atoms with E-state index in [0.29, 0.717) is 31.7 Å². The Kier molecular flexibility index (Phi) is 3.22. The molecule has 2 fully saturated rings. The van der Waals surface area contributed by atoms with Crippen molar-refractivity contribution in [1.29, 1.82) is 0 Å². The highest BCUT2D eigenvalue weighted by atomic mass is 16.2. The van der Waals surface area contributed by atoms with Gasteiger partial charge in [0.05, 0.1) is 11.6 Å². The van der Waals surface area contributed by atoms with Gasteiger partial charge in [0.15, 0.2) is 0 Å². The van der Waals surface area contributed by atoms with Gasteiger partial charge < -0.3 is 20.4 Å². The van der Waals surface area contributed by atoms with Crippen molar-refractivity contribution >= 4 is 17.6 Å². The number of carbonyl (C=O) groups is 2. The molecule has 0 saturated carbocycles. The summed E-state index contributed by atoms with van der Waals surface area (Å²) in [5.41, 5.74) is 1.52. The molecule has 2 aliphatic rings. The molecule has 2 aliphatic heterocycles. The van der Waals surface area contributed by atoms with Crippen molar-refractivity contribution in [2.24, 2.45) is 0 Å². The van der Waals surface area contributed by atoms with E-state index in [4.69, 9.17) is 0 Å². The van der Waals surface area contributed by atoms with E-state index in [1.165, 1.54) is 0 Å². The number of carbonyl (C=O) groups excluding carboxylic acids is 2. The minimum Gasteiger partial charge on any atom is -0.387 e. The Balaban J connectivity index is 1.77. The number of nitrogens with zero attached hydrogens (tertiary/aromatic N) is 2. The summed E-state index contributed by atoms with van der Waals surface area (Å²) in [5, 5.41) is 5.86. The molecule has 1 aromatic carbocycles. The molecular weight excluding hydrogens is 256 g/mol. The number of benzene rings is 1. The standard InChI is InChI=1S/C14H18N4O2/c1-15-12-5-3-2-4-11(12)13(19)17-6-7-18-10(9-17)8-16-14(18)20/h2-5,10,15H,6-9H2,1H3,(H,16,20). The summed E-state index contributed by atoms with van der Waals surface area (Å²) in [6.45, 7) is 2.40. The van der Waals surface area contributed by atoms with Gasteiger partial charge in [-0.15, -0.1) is 0 Å². The minimum atomic E-state index is -0.0160. The van der Waals surface area contributed by atoms with Crippen molar-refractivity contribution in [3.05, 3.63) is 29.8 Å². The SMILES string of the molecule is CNc1ccccc1C(=O)N1CCN2C(=O)NCC2C1. The monoisotopic (exact) mass is 274 g/mol. The lowest BCUT2D eigenvalue weighted by atomic mass is 10.1. The van der Waals surface area contributed by atoms with Crippen molar-refractivity contribution in [2.75, 3.05) is 38.5 Å². The van der Waals surface area contributed by atoms with Crippen LogP contribution in [0.15, 0.2) is 24.3 Å². The molecule has 1 atom stereocenters. The van der Waals surface area contributed by atoms with Crippen molar-refractivity contribution in [3.8, 4) is 0 Å². The number of amides is 3. The molecule has 1 unspecified atom stereocenters. The number of para-hydroxylation sites is 1. The Morgan fingerprint density at radius 2 is 2.15 bits per heavy atom. The zero-order valence-electron chi connectivity index (χ0n) is 11.4. The molecule has 20 heavy (non-hydrogen) atoms. The van der Waals surface area contributed by atoms with Crippen LogP contribution in [0, 0.1) is 0 Å². The maximum Gasteiger partial charge on any atom is 0.317 e. The van der Waals surface area contributed by atoms with Crippen LogP contribution in [0.2, 0.25) is 0 Å². The maximum atomic E-state index is 12.6. The molecule has 106 valence electrons. The molecule has 0 spiro atoms. The number of urea groups is 1. The summed E-state index contributed by atoms with van der Waals surface area (Å²) < 4.78 is 0. The van der Waals surface area contributed by atoms with Gasteiger partial charge in [-0.2, -0.15) is 0 Å². The zero-order chi connectivity index (χ0) is 14.1. The van der Waals surface area contributed by atoms with Crippen molar-refractivity contribution in [2.45, 2.75) is 6.04 Å². The van der Waals surface area contributed by atoms with Gasteiger partial charge in [-0.25, -0.2) is 4.79 Å². The predicted molar refractivity (Wildman–Crippen MR) is 75.8 cm³/mol. The van der Waals surface area contributed by atoms with E-state index in [0.717, 1.165) is 5.69 Å². The van der Waals surface area contributed by atoms with Crippen LogP contribution in [0.5, 0.6) is 0 Å². The van der Waals surface area contributed by atoms with Gasteiger partial charge in [0.1, 0.15) is 0 Å². The molecule has 2 N–H and O–H groups in total. The Morgan fingerprint density at radius 1 is 1.35 bits per heavy atom. The maximum absolute atomic E-state index is 12.6. The molecule has 3 rings (SSSR count).